The van der Waals surface area contributed by atoms with E-state index in [1.165, 1.54) is 0 Å². The number of rotatable bonds is 4. The Morgan fingerprint density at radius 2 is 2.21 bits per heavy atom. The van der Waals surface area contributed by atoms with E-state index in [2.05, 4.69) is 22.5 Å². The molecule has 0 aromatic carbocycles. The van der Waals surface area contributed by atoms with Gasteiger partial charge in [0.25, 0.3) is 5.91 Å². The fourth-order valence-corrected chi connectivity index (χ4v) is 2.37. The third-order valence-electron chi connectivity index (χ3n) is 3.59. The van der Waals surface area contributed by atoms with E-state index >= 15 is 0 Å². The van der Waals surface area contributed by atoms with Gasteiger partial charge in [-0.1, -0.05) is 0 Å². The smallest absolute Gasteiger partial charge is 0.269 e. The first-order chi connectivity index (χ1) is 9.20. The molecule has 1 aromatic heterocycles. The van der Waals surface area contributed by atoms with Gasteiger partial charge in [-0.3, -0.25) is 9.78 Å². The lowest BCUT2D eigenvalue weighted by atomic mass is 9.93. The van der Waals surface area contributed by atoms with Crippen molar-refractivity contribution in [2.24, 2.45) is 5.92 Å². The first-order valence-electron chi connectivity index (χ1n) is 6.73. The lowest BCUT2D eigenvalue weighted by Gasteiger charge is -2.29. The van der Waals surface area contributed by atoms with Gasteiger partial charge in [-0.25, -0.2) is 0 Å². The highest BCUT2D eigenvalue weighted by molar-refractivity contribution is 5.92. The summed E-state index contributed by atoms with van der Waals surface area (Å²) in [5.74, 6) is 0.452. The van der Waals surface area contributed by atoms with Crippen LogP contribution < -0.4 is 10.6 Å². The van der Waals surface area contributed by atoms with E-state index in [0.717, 1.165) is 31.7 Å². The Hall–Kier alpha value is -1.62. The Morgan fingerprint density at radius 1 is 1.47 bits per heavy atom. The van der Waals surface area contributed by atoms with Crippen molar-refractivity contribution in [1.82, 2.24) is 10.3 Å². The van der Waals surface area contributed by atoms with Crippen molar-refractivity contribution in [1.29, 1.82) is 0 Å². The first-order valence-corrected chi connectivity index (χ1v) is 6.73. The number of hydrogen-bond acceptors (Lipinski definition) is 4. The highest BCUT2D eigenvalue weighted by atomic mass is 16.5. The van der Waals surface area contributed by atoms with Gasteiger partial charge in [0.05, 0.1) is 0 Å². The van der Waals surface area contributed by atoms with Crippen LogP contribution in [0.4, 0.5) is 5.69 Å². The number of amides is 1. The van der Waals surface area contributed by atoms with Crippen molar-refractivity contribution in [3.05, 3.63) is 24.0 Å². The summed E-state index contributed by atoms with van der Waals surface area (Å²) in [7, 11) is 1.61. The van der Waals surface area contributed by atoms with Crippen LogP contribution in [0, 0.1) is 5.92 Å². The zero-order chi connectivity index (χ0) is 13.7. The molecule has 0 bridgehead atoms. The molecule has 0 saturated carbocycles. The van der Waals surface area contributed by atoms with E-state index < -0.39 is 0 Å². The fourth-order valence-electron chi connectivity index (χ4n) is 2.37. The van der Waals surface area contributed by atoms with Crippen molar-refractivity contribution in [2.75, 3.05) is 25.6 Å². The minimum atomic E-state index is -0.164. The lowest BCUT2D eigenvalue weighted by Crippen LogP contribution is -2.31. The molecule has 1 amide bonds. The number of aromatic nitrogens is 1. The molecule has 104 valence electrons. The molecule has 0 spiro atoms. The van der Waals surface area contributed by atoms with Gasteiger partial charge in [-0.2, -0.15) is 0 Å². The van der Waals surface area contributed by atoms with Crippen LogP contribution in [-0.2, 0) is 4.74 Å². The van der Waals surface area contributed by atoms with Gasteiger partial charge >= 0.3 is 0 Å². The molecule has 19 heavy (non-hydrogen) atoms. The van der Waals surface area contributed by atoms with E-state index in [1.54, 1.807) is 19.3 Å². The number of anilines is 1. The van der Waals surface area contributed by atoms with Crippen LogP contribution in [0.2, 0.25) is 0 Å². The van der Waals surface area contributed by atoms with Gasteiger partial charge in [0.15, 0.2) is 0 Å². The zero-order valence-electron chi connectivity index (χ0n) is 11.5. The average Bonchev–Trinajstić information content (AvgIpc) is 2.47. The number of pyridine rings is 1. The Kier molecular flexibility index (Phi) is 4.74. The maximum Gasteiger partial charge on any atom is 0.269 e. The first kappa shape index (κ1) is 13.8. The molecule has 2 heterocycles. The summed E-state index contributed by atoms with van der Waals surface area (Å²) in [6.07, 6.45) is 3.83. The minimum Gasteiger partial charge on any atom is -0.382 e. The van der Waals surface area contributed by atoms with Crippen LogP contribution in [-0.4, -0.2) is 37.2 Å². The average molecular weight is 263 g/mol. The predicted octanol–water partition coefficient (Wildman–Crippen LogP) is 1.67. The molecule has 5 nitrogen and oxygen atoms in total. The van der Waals surface area contributed by atoms with Crippen LogP contribution in [0.25, 0.3) is 0 Å². The van der Waals surface area contributed by atoms with Crippen LogP contribution in [0.15, 0.2) is 18.3 Å². The quantitative estimate of drug-likeness (QED) is 0.867. The van der Waals surface area contributed by atoms with Crippen LogP contribution in [0.1, 0.15) is 30.3 Å². The molecule has 0 aliphatic carbocycles. The van der Waals surface area contributed by atoms with Gasteiger partial charge < -0.3 is 15.4 Å². The third-order valence-corrected chi connectivity index (χ3v) is 3.59. The number of hydrogen-bond donors (Lipinski definition) is 2. The second kappa shape index (κ2) is 6.52. The van der Waals surface area contributed by atoms with Crippen molar-refractivity contribution >= 4 is 11.6 Å². The molecular weight excluding hydrogens is 242 g/mol. The Morgan fingerprint density at radius 3 is 2.89 bits per heavy atom. The molecule has 1 atom stereocenters. The summed E-state index contributed by atoms with van der Waals surface area (Å²) < 4.78 is 5.37. The van der Waals surface area contributed by atoms with E-state index in [0.29, 0.717) is 17.7 Å². The predicted molar refractivity (Wildman–Crippen MR) is 74.3 cm³/mol. The maximum atomic E-state index is 11.5. The largest absolute Gasteiger partial charge is 0.382 e. The van der Waals surface area contributed by atoms with Crippen molar-refractivity contribution in [2.45, 2.75) is 25.8 Å². The lowest BCUT2D eigenvalue weighted by molar-refractivity contribution is 0.0622. The molecular formula is C14H21N3O2. The summed E-state index contributed by atoms with van der Waals surface area (Å²) in [6.45, 7) is 3.86. The van der Waals surface area contributed by atoms with Gasteiger partial charge in [0, 0.05) is 38.2 Å². The second-order valence-corrected chi connectivity index (χ2v) is 4.89. The molecule has 1 aliphatic rings. The molecule has 0 radical (unpaired) electrons. The van der Waals surface area contributed by atoms with Crippen LogP contribution >= 0.6 is 0 Å². The Bertz CT molecular complexity index is 430. The van der Waals surface area contributed by atoms with Crippen molar-refractivity contribution < 1.29 is 9.53 Å². The van der Waals surface area contributed by atoms with Crippen LogP contribution in [0.5, 0.6) is 0 Å². The molecule has 2 N–H and O–H groups in total. The zero-order valence-corrected chi connectivity index (χ0v) is 11.5. The van der Waals surface area contributed by atoms with Gasteiger partial charge in [0.2, 0.25) is 0 Å². The van der Waals surface area contributed by atoms with E-state index in [9.17, 15) is 4.79 Å². The maximum absolute atomic E-state index is 11.5. The summed E-state index contributed by atoms with van der Waals surface area (Å²) in [6, 6.07) is 4.04. The highest BCUT2D eigenvalue weighted by Gasteiger charge is 2.20. The van der Waals surface area contributed by atoms with Crippen molar-refractivity contribution in [3.63, 3.8) is 0 Å². The summed E-state index contributed by atoms with van der Waals surface area (Å²) in [4.78, 5) is 15.6. The number of nitrogens with zero attached hydrogens (tertiary/aromatic N) is 1. The topological polar surface area (TPSA) is 63.2 Å². The summed E-state index contributed by atoms with van der Waals surface area (Å²) in [5.41, 5.74) is 1.37. The fraction of sp³-hybridized carbons (Fsp3) is 0.571. The van der Waals surface area contributed by atoms with Crippen LogP contribution in [0.3, 0.4) is 0 Å². The number of nitrogens with one attached hydrogen (secondary N) is 2. The standard InChI is InChI=1S/C14H21N3O2/c1-10(11-4-7-19-8-5-11)17-12-3-6-16-13(9-12)14(18)15-2/h3,6,9-11H,4-5,7-8H2,1-2H3,(H,15,18)(H,16,17). The Labute approximate surface area is 113 Å². The summed E-state index contributed by atoms with van der Waals surface area (Å²) >= 11 is 0. The SMILES string of the molecule is CNC(=O)c1cc(NC(C)C2CCOCC2)ccn1. The van der Waals surface area contributed by atoms with Gasteiger partial charge in [-0.15, -0.1) is 0 Å². The highest BCUT2D eigenvalue weighted by Crippen LogP contribution is 2.21. The number of carbonyl (C=O) groups excluding carboxylic acids is 1. The molecule has 1 unspecified atom stereocenters. The second-order valence-electron chi connectivity index (χ2n) is 4.89. The van der Waals surface area contributed by atoms with Gasteiger partial charge in [-0.05, 0) is 37.8 Å². The summed E-state index contributed by atoms with van der Waals surface area (Å²) in [5, 5.41) is 6.03. The molecule has 1 fully saturated rings. The van der Waals surface area contributed by atoms with Gasteiger partial charge in [0.1, 0.15) is 5.69 Å². The monoisotopic (exact) mass is 263 g/mol. The van der Waals surface area contributed by atoms with E-state index in [1.807, 2.05) is 6.07 Å². The minimum absolute atomic E-state index is 0.164. The van der Waals surface area contributed by atoms with Crippen molar-refractivity contribution in [3.8, 4) is 0 Å². The third kappa shape index (κ3) is 3.67. The Balaban J connectivity index is 1.99. The molecule has 1 saturated heterocycles. The number of carbonyl (C=O) groups is 1. The van der Waals surface area contributed by atoms with E-state index in [-0.39, 0.29) is 5.91 Å². The molecule has 2 rings (SSSR count). The molecule has 1 aromatic rings. The number of ether oxygens (including phenoxy) is 1. The van der Waals surface area contributed by atoms with E-state index in [4.69, 9.17) is 4.74 Å². The molecule has 1 aliphatic heterocycles. The normalized spacial score (nSPS) is 17.8. The molecule has 5 heteroatoms.